The van der Waals surface area contributed by atoms with Crippen LogP contribution in [0, 0.1) is 16.7 Å². The number of nitrogens with zero attached hydrogens (tertiary/aromatic N) is 1. The molecule has 2 aliphatic rings. The highest BCUT2D eigenvalue weighted by molar-refractivity contribution is 9.10. The van der Waals surface area contributed by atoms with Crippen molar-refractivity contribution in [2.75, 3.05) is 5.32 Å². The Bertz CT molecular complexity index is 563. The van der Waals surface area contributed by atoms with Gasteiger partial charge in [0.05, 0.1) is 11.1 Å². The Hall–Kier alpha value is -0.720. The van der Waals surface area contributed by atoms with Gasteiger partial charge in [-0.3, -0.25) is 0 Å². The highest BCUT2D eigenvalue weighted by atomic mass is 79.9. The summed E-state index contributed by atoms with van der Waals surface area (Å²) >= 11 is 9.48. The van der Waals surface area contributed by atoms with Gasteiger partial charge in [-0.1, -0.05) is 24.4 Å². The van der Waals surface area contributed by atoms with E-state index in [1.807, 2.05) is 18.2 Å². The number of anilines is 1. The Morgan fingerprint density at radius 2 is 1.76 bits per heavy atom. The molecule has 4 heteroatoms. The molecule has 3 rings (SSSR count). The van der Waals surface area contributed by atoms with Gasteiger partial charge in [0.1, 0.15) is 5.54 Å². The topological polar surface area (TPSA) is 35.8 Å². The maximum absolute atomic E-state index is 9.71. The molecule has 2 fully saturated rings. The minimum absolute atomic E-state index is 0.416. The molecule has 1 aromatic rings. The molecule has 0 aromatic heterocycles. The summed E-state index contributed by atoms with van der Waals surface area (Å²) in [6.45, 7) is 0. The van der Waals surface area contributed by atoms with Crippen LogP contribution in [0.5, 0.6) is 0 Å². The van der Waals surface area contributed by atoms with Crippen molar-refractivity contribution in [1.82, 2.24) is 0 Å². The highest BCUT2D eigenvalue weighted by Gasteiger charge is 2.44. The first-order valence-electron chi connectivity index (χ1n) is 7.71. The van der Waals surface area contributed by atoms with Gasteiger partial charge in [-0.25, -0.2) is 0 Å². The summed E-state index contributed by atoms with van der Waals surface area (Å²) in [6.07, 6.45) is 9.73. The summed E-state index contributed by atoms with van der Waals surface area (Å²) in [5.41, 5.74) is 1.10. The smallest absolute Gasteiger partial charge is 0.125 e. The van der Waals surface area contributed by atoms with Gasteiger partial charge >= 0.3 is 0 Å². The Kier molecular flexibility index (Phi) is 4.21. The van der Waals surface area contributed by atoms with Crippen LogP contribution in [0.3, 0.4) is 0 Å². The van der Waals surface area contributed by atoms with Crippen molar-refractivity contribution in [3.63, 3.8) is 0 Å². The summed E-state index contributed by atoms with van der Waals surface area (Å²) in [7, 11) is 0. The number of nitriles is 1. The second-order valence-corrected chi connectivity index (χ2v) is 7.92. The summed E-state index contributed by atoms with van der Waals surface area (Å²) < 4.78 is 0.866. The summed E-state index contributed by atoms with van der Waals surface area (Å²) in [5, 5.41) is 13.9. The third kappa shape index (κ3) is 3.07. The van der Waals surface area contributed by atoms with Gasteiger partial charge in [0.25, 0.3) is 0 Å². The van der Waals surface area contributed by atoms with Crippen LogP contribution in [0.1, 0.15) is 51.4 Å². The van der Waals surface area contributed by atoms with Crippen molar-refractivity contribution in [1.29, 1.82) is 5.26 Å². The predicted molar refractivity (Wildman–Crippen MR) is 90.5 cm³/mol. The van der Waals surface area contributed by atoms with Gasteiger partial charge in [-0.15, -0.1) is 0 Å². The van der Waals surface area contributed by atoms with Crippen LogP contribution in [-0.2, 0) is 0 Å². The van der Waals surface area contributed by atoms with Crippen LogP contribution in [0.15, 0.2) is 22.7 Å². The molecule has 2 saturated carbocycles. The maximum Gasteiger partial charge on any atom is 0.125 e. The van der Waals surface area contributed by atoms with Gasteiger partial charge in [0, 0.05) is 10.2 Å². The molecule has 0 amide bonds. The first-order valence-corrected chi connectivity index (χ1v) is 8.88. The largest absolute Gasteiger partial charge is 0.367 e. The minimum atomic E-state index is -0.416. The quantitative estimate of drug-likeness (QED) is 0.705. The van der Waals surface area contributed by atoms with Crippen molar-refractivity contribution < 1.29 is 0 Å². The molecule has 2 nitrogen and oxygen atoms in total. The zero-order valence-corrected chi connectivity index (χ0v) is 14.4. The molecule has 1 spiro atoms. The van der Waals surface area contributed by atoms with Crippen LogP contribution in [0.25, 0.3) is 0 Å². The molecule has 2 aliphatic carbocycles. The molecule has 0 atom stereocenters. The third-order valence-electron chi connectivity index (χ3n) is 5.35. The second-order valence-electron chi connectivity index (χ2n) is 6.65. The average Bonchev–Trinajstić information content (AvgIpc) is 2.95. The molecular weight excluding hydrogens is 348 g/mol. The van der Waals surface area contributed by atoms with E-state index in [0.717, 1.165) is 23.0 Å². The fourth-order valence-electron chi connectivity index (χ4n) is 3.95. The molecule has 112 valence electrons. The average molecular weight is 368 g/mol. The van der Waals surface area contributed by atoms with Crippen molar-refractivity contribution >= 4 is 33.2 Å². The molecule has 0 radical (unpaired) electrons. The lowest BCUT2D eigenvalue weighted by Crippen LogP contribution is -2.43. The monoisotopic (exact) mass is 366 g/mol. The van der Waals surface area contributed by atoms with Gasteiger partial charge < -0.3 is 5.32 Å². The lowest BCUT2D eigenvalue weighted by atomic mass is 9.67. The van der Waals surface area contributed by atoms with Crippen molar-refractivity contribution in [2.24, 2.45) is 5.41 Å². The zero-order valence-electron chi connectivity index (χ0n) is 12.1. The molecule has 0 saturated heterocycles. The highest BCUT2D eigenvalue weighted by Crippen LogP contribution is 2.51. The fraction of sp³-hybridized carbons (Fsp3) is 0.588. The molecular formula is C17H20BrClN2. The van der Waals surface area contributed by atoms with Crippen LogP contribution in [0.2, 0.25) is 5.02 Å². The number of benzene rings is 1. The minimum Gasteiger partial charge on any atom is -0.367 e. The molecule has 1 N–H and O–H groups in total. The van der Waals surface area contributed by atoms with E-state index >= 15 is 0 Å². The third-order valence-corrected chi connectivity index (χ3v) is 6.56. The van der Waals surface area contributed by atoms with E-state index in [2.05, 4.69) is 27.3 Å². The standard InChI is InChI=1S/C17H20BrClN2/c18-14-11-13(3-4-15(14)19)21-17(12-20)9-7-16(8-10-17)5-1-2-6-16/h3-4,11,21H,1-2,5-10H2. The summed E-state index contributed by atoms with van der Waals surface area (Å²) in [5.74, 6) is 0. The van der Waals surface area contributed by atoms with Gasteiger partial charge in [-0.2, -0.15) is 5.26 Å². The van der Waals surface area contributed by atoms with Gasteiger partial charge in [0.15, 0.2) is 0 Å². The fourth-order valence-corrected chi connectivity index (χ4v) is 4.44. The lowest BCUT2D eigenvalue weighted by Gasteiger charge is -2.42. The number of hydrogen-bond acceptors (Lipinski definition) is 2. The van der Waals surface area contributed by atoms with E-state index < -0.39 is 5.54 Å². The predicted octanol–water partition coefficient (Wildman–Crippen LogP) is 5.91. The molecule has 21 heavy (non-hydrogen) atoms. The molecule has 0 heterocycles. The van der Waals surface area contributed by atoms with E-state index in [-0.39, 0.29) is 0 Å². The normalized spacial score (nSPS) is 22.9. The maximum atomic E-state index is 9.71. The summed E-state index contributed by atoms with van der Waals surface area (Å²) in [4.78, 5) is 0. The molecule has 0 unspecified atom stereocenters. The SMILES string of the molecule is N#CC1(Nc2ccc(Cl)c(Br)c2)CCC2(CCCC2)CC1. The van der Waals surface area contributed by atoms with Crippen LogP contribution in [-0.4, -0.2) is 5.54 Å². The van der Waals surface area contributed by atoms with E-state index in [4.69, 9.17) is 11.6 Å². The van der Waals surface area contributed by atoms with Crippen molar-refractivity contribution in [3.05, 3.63) is 27.7 Å². The zero-order chi connectivity index (χ0) is 14.9. The Morgan fingerprint density at radius 1 is 1.10 bits per heavy atom. The van der Waals surface area contributed by atoms with Crippen LogP contribution in [0.4, 0.5) is 5.69 Å². The number of halogens is 2. The van der Waals surface area contributed by atoms with Crippen LogP contribution < -0.4 is 5.32 Å². The Morgan fingerprint density at radius 3 is 2.33 bits per heavy atom. The first-order chi connectivity index (χ1) is 10.1. The first kappa shape index (κ1) is 15.2. The van der Waals surface area contributed by atoms with Crippen molar-refractivity contribution in [3.8, 4) is 6.07 Å². The number of hydrogen-bond donors (Lipinski definition) is 1. The lowest BCUT2D eigenvalue weighted by molar-refractivity contribution is 0.167. The van der Waals surface area contributed by atoms with E-state index in [0.29, 0.717) is 10.4 Å². The molecule has 0 bridgehead atoms. The van der Waals surface area contributed by atoms with E-state index in [9.17, 15) is 5.26 Å². The van der Waals surface area contributed by atoms with Gasteiger partial charge in [-0.05, 0) is 78.1 Å². The number of nitrogens with one attached hydrogen (secondary N) is 1. The Labute approximate surface area is 140 Å². The van der Waals surface area contributed by atoms with E-state index in [1.165, 1.54) is 38.5 Å². The summed E-state index contributed by atoms with van der Waals surface area (Å²) in [6, 6.07) is 8.32. The van der Waals surface area contributed by atoms with Gasteiger partial charge in [0.2, 0.25) is 0 Å². The van der Waals surface area contributed by atoms with E-state index in [1.54, 1.807) is 0 Å². The molecule has 1 aromatic carbocycles. The number of rotatable bonds is 2. The second kappa shape index (κ2) is 5.82. The molecule has 0 aliphatic heterocycles. The van der Waals surface area contributed by atoms with Crippen molar-refractivity contribution in [2.45, 2.75) is 56.9 Å². The Balaban J connectivity index is 1.73. The van der Waals surface area contributed by atoms with Crippen LogP contribution >= 0.6 is 27.5 Å².